The van der Waals surface area contributed by atoms with E-state index in [9.17, 15) is 9.18 Å². The molecule has 1 saturated heterocycles. The molecule has 0 N–H and O–H groups in total. The van der Waals surface area contributed by atoms with E-state index in [2.05, 4.69) is 11.0 Å². The van der Waals surface area contributed by atoms with Crippen LogP contribution in [-0.4, -0.2) is 42.4 Å². The van der Waals surface area contributed by atoms with Crippen molar-refractivity contribution in [2.75, 3.05) is 26.7 Å². The van der Waals surface area contributed by atoms with E-state index >= 15 is 0 Å². The van der Waals surface area contributed by atoms with Crippen LogP contribution in [0.15, 0.2) is 18.2 Å². The van der Waals surface area contributed by atoms with Crippen molar-refractivity contribution < 1.29 is 9.18 Å². The molecule has 1 aromatic rings. The summed E-state index contributed by atoms with van der Waals surface area (Å²) in [5.41, 5.74) is 1.85. The highest BCUT2D eigenvalue weighted by atomic mass is 19.1. The summed E-state index contributed by atoms with van der Waals surface area (Å²) < 4.78 is 14.4. The number of halogens is 1. The van der Waals surface area contributed by atoms with Crippen molar-refractivity contribution in [1.29, 1.82) is 0 Å². The largest absolute Gasteiger partial charge is 0.346 e. The quantitative estimate of drug-likeness (QED) is 0.831. The van der Waals surface area contributed by atoms with E-state index < -0.39 is 0 Å². The van der Waals surface area contributed by atoms with Crippen molar-refractivity contribution in [2.24, 2.45) is 5.92 Å². The van der Waals surface area contributed by atoms with E-state index in [4.69, 9.17) is 0 Å². The number of amides is 1. The van der Waals surface area contributed by atoms with Gasteiger partial charge in [0, 0.05) is 31.6 Å². The van der Waals surface area contributed by atoms with Crippen LogP contribution in [0.3, 0.4) is 0 Å². The number of nitrogens with zero attached hydrogens (tertiary/aromatic N) is 2. The molecule has 1 saturated carbocycles. The van der Waals surface area contributed by atoms with Crippen molar-refractivity contribution in [3.63, 3.8) is 0 Å². The minimum absolute atomic E-state index is 0.0881. The second-order valence-corrected chi connectivity index (χ2v) is 7.05. The van der Waals surface area contributed by atoms with E-state index in [-0.39, 0.29) is 17.6 Å². The Kier molecular flexibility index (Phi) is 5.00. The Labute approximate surface area is 138 Å². The molecule has 2 aliphatic rings. The van der Waals surface area contributed by atoms with Crippen molar-refractivity contribution in [1.82, 2.24) is 9.80 Å². The maximum atomic E-state index is 14.4. The van der Waals surface area contributed by atoms with Crippen LogP contribution in [-0.2, 0) is 11.3 Å². The highest BCUT2D eigenvalue weighted by Crippen LogP contribution is 2.42. The van der Waals surface area contributed by atoms with Crippen LogP contribution in [0.25, 0.3) is 0 Å². The Hall–Kier alpha value is -1.42. The average molecular weight is 318 g/mol. The van der Waals surface area contributed by atoms with Gasteiger partial charge in [0.2, 0.25) is 5.91 Å². The van der Waals surface area contributed by atoms with Gasteiger partial charge in [-0.3, -0.25) is 9.69 Å². The zero-order valence-electron chi connectivity index (χ0n) is 14.2. The molecular weight excluding hydrogens is 291 g/mol. The van der Waals surface area contributed by atoms with Gasteiger partial charge >= 0.3 is 0 Å². The molecule has 1 aliphatic heterocycles. The molecule has 4 heteroatoms. The summed E-state index contributed by atoms with van der Waals surface area (Å²) in [6.07, 6.45) is 4.16. The summed E-state index contributed by atoms with van der Waals surface area (Å²) in [6, 6.07) is 5.69. The SMILES string of the molecule is CCN(C)C(=O)[C@H]1C[C@H](c2ccc(CN3CCCC3)c(F)c2)C1. The Bertz CT molecular complexity index is 562. The third-order valence-electron chi connectivity index (χ3n) is 5.48. The molecule has 0 unspecified atom stereocenters. The average Bonchev–Trinajstić information content (AvgIpc) is 3.00. The summed E-state index contributed by atoms with van der Waals surface area (Å²) in [5.74, 6) is 0.603. The lowest BCUT2D eigenvalue weighted by molar-refractivity contribution is -0.137. The molecule has 1 heterocycles. The molecule has 2 fully saturated rings. The summed E-state index contributed by atoms with van der Waals surface area (Å²) >= 11 is 0. The maximum absolute atomic E-state index is 14.4. The van der Waals surface area contributed by atoms with Crippen LogP contribution >= 0.6 is 0 Å². The second-order valence-electron chi connectivity index (χ2n) is 7.05. The highest BCUT2D eigenvalue weighted by Gasteiger charge is 2.36. The molecule has 0 bridgehead atoms. The lowest BCUT2D eigenvalue weighted by atomic mass is 9.70. The smallest absolute Gasteiger partial charge is 0.225 e. The van der Waals surface area contributed by atoms with Crippen LogP contribution in [0.5, 0.6) is 0 Å². The van der Waals surface area contributed by atoms with Crippen LogP contribution in [0.4, 0.5) is 4.39 Å². The standard InChI is InChI=1S/C19H27FN2O/c1-3-21(2)19(23)17-10-16(11-17)14-6-7-15(18(20)12-14)13-22-8-4-5-9-22/h6-7,12,16-17H,3-5,8-11,13H2,1-2H3/t16-,17-. The van der Waals surface area contributed by atoms with E-state index in [0.29, 0.717) is 5.92 Å². The maximum Gasteiger partial charge on any atom is 0.225 e. The number of carbonyl (C=O) groups is 1. The number of likely N-dealkylation sites (tertiary alicyclic amines) is 1. The Balaban J connectivity index is 1.58. The number of rotatable bonds is 5. The monoisotopic (exact) mass is 318 g/mol. The molecule has 0 radical (unpaired) electrons. The fourth-order valence-electron chi connectivity index (χ4n) is 3.69. The predicted molar refractivity (Wildman–Crippen MR) is 89.7 cm³/mol. The van der Waals surface area contributed by atoms with Gasteiger partial charge in [-0.2, -0.15) is 0 Å². The Morgan fingerprint density at radius 1 is 1.30 bits per heavy atom. The number of hydrogen-bond donors (Lipinski definition) is 0. The molecule has 3 nitrogen and oxygen atoms in total. The van der Waals surface area contributed by atoms with Gasteiger partial charge in [-0.05, 0) is 63.2 Å². The zero-order valence-corrected chi connectivity index (χ0v) is 14.2. The molecule has 0 aromatic heterocycles. The molecule has 0 spiro atoms. The summed E-state index contributed by atoms with van der Waals surface area (Å²) in [5, 5.41) is 0. The first-order valence-electron chi connectivity index (χ1n) is 8.84. The van der Waals surface area contributed by atoms with Gasteiger partial charge in [0.1, 0.15) is 5.82 Å². The van der Waals surface area contributed by atoms with Gasteiger partial charge in [0.25, 0.3) is 0 Å². The van der Waals surface area contributed by atoms with Crippen LogP contribution in [0, 0.1) is 11.7 Å². The van der Waals surface area contributed by atoms with Gasteiger partial charge in [-0.1, -0.05) is 12.1 Å². The summed E-state index contributed by atoms with van der Waals surface area (Å²) in [7, 11) is 1.85. The van der Waals surface area contributed by atoms with Gasteiger partial charge in [0.05, 0.1) is 0 Å². The van der Waals surface area contributed by atoms with Crippen molar-refractivity contribution in [2.45, 2.75) is 45.1 Å². The van der Waals surface area contributed by atoms with Crippen molar-refractivity contribution in [3.05, 3.63) is 35.1 Å². The molecule has 3 rings (SSSR count). The second kappa shape index (κ2) is 7.00. The van der Waals surface area contributed by atoms with Gasteiger partial charge < -0.3 is 4.90 Å². The normalized spacial score (nSPS) is 24.5. The fourth-order valence-corrected chi connectivity index (χ4v) is 3.69. The number of hydrogen-bond acceptors (Lipinski definition) is 2. The first kappa shape index (κ1) is 16.4. The minimum Gasteiger partial charge on any atom is -0.346 e. The lowest BCUT2D eigenvalue weighted by Gasteiger charge is -2.36. The molecule has 0 atom stereocenters. The topological polar surface area (TPSA) is 23.6 Å². The Morgan fingerprint density at radius 2 is 2.00 bits per heavy atom. The van der Waals surface area contributed by atoms with Crippen LogP contribution in [0.1, 0.15) is 49.7 Å². The van der Waals surface area contributed by atoms with Crippen molar-refractivity contribution in [3.8, 4) is 0 Å². The van der Waals surface area contributed by atoms with Crippen LogP contribution < -0.4 is 0 Å². The van der Waals surface area contributed by atoms with Gasteiger partial charge in [-0.15, -0.1) is 0 Å². The summed E-state index contributed by atoms with van der Waals surface area (Å²) in [6.45, 7) is 5.62. The highest BCUT2D eigenvalue weighted by molar-refractivity contribution is 5.79. The molecule has 1 aliphatic carbocycles. The van der Waals surface area contributed by atoms with E-state index in [1.165, 1.54) is 12.8 Å². The molecule has 1 aromatic carbocycles. The van der Waals surface area contributed by atoms with E-state index in [0.717, 1.165) is 50.1 Å². The minimum atomic E-state index is -0.0881. The fraction of sp³-hybridized carbons (Fsp3) is 0.632. The molecule has 1 amide bonds. The van der Waals surface area contributed by atoms with Gasteiger partial charge in [0.15, 0.2) is 0 Å². The zero-order chi connectivity index (χ0) is 16.4. The summed E-state index contributed by atoms with van der Waals surface area (Å²) in [4.78, 5) is 16.2. The van der Waals surface area contributed by atoms with E-state index in [1.54, 1.807) is 11.0 Å². The molecule has 23 heavy (non-hydrogen) atoms. The van der Waals surface area contributed by atoms with E-state index in [1.807, 2.05) is 20.0 Å². The molecule has 126 valence electrons. The van der Waals surface area contributed by atoms with Crippen molar-refractivity contribution >= 4 is 5.91 Å². The first-order chi connectivity index (χ1) is 11.1. The van der Waals surface area contributed by atoms with Gasteiger partial charge in [-0.25, -0.2) is 4.39 Å². The predicted octanol–water partition coefficient (Wildman–Crippen LogP) is 3.39. The third kappa shape index (κ3) is 3.57. The Morgan fingerprint density at radius 3 is 2.61 bits per heavy atom. The third-order valence-corrected chi connectivity index (χ3v) is 5.48. The number of benzene rings is 1. The lowest BCUT2D eigenvalue weighted by Crippen LogP contribution is -2.39. The molecular formula is C19H27FN2O. The van der Waals surface area contributed by atoms with Crippen LogP contribution in [0.2, 0.25) is 0 Å². The number of carbonyl (C=O) groups excluding carboxylic acids is 1. The first-order valence-corrected chi connectivity index (χ1v) is 8.84.